The summed E-state index contributed by atoms with van der Waals surface area (Å²) in [5.41, 5.74) is -0.0263. The lowest BCUT2D eigenvalue weighted by Crippen LogP contribution is -2.08. The number of fused-ring (bicyclic) bond motifs is 1. The first-order valence-electron chi connectivity index (χ1n) is 7.34. The number of rotatable bonds is 4. The summed E-state index contributed by atoms with van der Waals surface area (Å²) in [6.45, 7) is 0.329. The van der Waals surface area contributed by atoms with Crippen LogP contribution in [0, 0.1) is 11.6 Å². The van der Waals surface area contributed by atoms with Crippen LogP contribution in [0.3, 0.4) is 0 Å². The highest BCUT2D eigenvalue weighted by atomic mass is 19.4. The van der Waals surface area contributed by atoms with Crippen LogP contribution >= 0.6 is 0 Å². The second-order valence-corrected chi connectivity index (χ2v) is 5.38. The lowest BCUT2D eigenvalue weighted by molar-refractivity contribution is -0.137. The number of nitrogens with zero attached hydrogens (tertiary/aromatic N) is 2. The van der Waals surface area contributed by atoms with Crippen molar-refractivity contribution in [2.75, 3.05) is 11.9 Å². The van der Waals surface area contributed by atoms with Crippen molar-refractivity contribution < 1.29 is 22.0 Å². The summed E-state index contributed by atoms with van der Waals surface area (Å²) in [5, 5.41) is 3.13. The smallest absolute Gasteiger partial charge is 0.369 e. The van der Waals surface area contributed by atoms with Gasteiger partial charge >= 0.3 is 6.18 Å². The molecule has 8 heteroatoms. The monoisotopic (exact) mass is 353 g/mol. The number of anilines is 1. The van der Waals surface area contributed by atoms with Crippen LogP contribution in [0.1, 0.15) is 11.1 Å². The molecule has 130 valence electrons. The van der Waals surface area contributed by atoms with E-state index in [1.165, 1.54) is 12.1 Å². The highest BCUT2D eigenvalue weighted by Gasteiger charge is 2.29. The first-order valence-corrected chi connectivity index (χ1v) is 7.34. The second-order valence-electron chi connectivity index (χ2n) is 5.38. The second kappa shape index (κ2) is 6.62. The van der Waals surface area contributed by atoms with Gasteiger partial charge < -0.3 is 5.32 Å². The molecule has 0 saturated heterocycles. The first-order chi connectivity index (χ1) is 11.8. The minimum Gasteiger partial charge on any atom is -0.369 e. The molecular formula is C17H12F5N3. The maximum Gasteiger partial charge on any atom is 0.416 e. The summed E-state index contributed by atoms with van der Waals surface area (Å²) >= 11 is 0. The van der Waals surface area contributed by atoms with Crippen LogP contribution < -0.4 is 5.32 Å². The summed E-state index contributed by atoms with van der Waals surface area (Å²) < 4.78 is 64.6. The van der Waals surface area contributed by atoms with Gasteiger partial charge in [-0.1, -0.05) is 12.1 Å². The van der Waals surface area contributed by atoms with Gasteiger partial charge in [-0.05, 0) is 30.2 Å². The molecule has 1 N–H and O–H groups in total. The fourth-order valence-corrected chi connectivity index (χ4v) is 2.42. The van der Waals surface area contributed by atoms with Gasteiger partial charge in [0, 0.05) is 18.0 Å². The Kier molecular flexibility index (Phi) is 4.52. The summed E-state index contributed by atoms with van der Waals surface area (Å²) in [7, 11) is 0. The van der Waals surface area contributed by atoms with Crippen LogP contribution in [0.25, 0.3) is 10.9 Å². The van der Waals surface area contributed by atoms with E-state index in [2.05, 4.69) is 15.3 Å². The highest BCUT2D eigenvalue weighted by Crippen LogP contribution is 2.29. The number of nitrogens with one attached hydrogen (secondary N) is 1. The molecule has 0 spiro atoms. The largest absolute Gasteiger partial charge is 0.416 e. The Labute approximate surface area is 139 Å². The Morgan fingerprint density at radius 1 is 0.960 bits per heavy atom. The van der Waals surface area contributed by atoms with Gasteiger partial charge in [-0.15, -0.1) is 0 Å². The van der Waals surface area contributed by atoms with Gasteiger partial charge in [0.1, 0.15) is 23.5 Å². The van der Waals surface area contributed by atoms with Crippen molar-refractivity contribution >= 4 is 16.7 Å². The van der Waals surface area contributed by atoms with E-state index >= 15 is 0 Å². The molecule has 0 aliphatic carbocycles. The van der Waals surface area contributed by atoms with E-state index in [-0.39, 0.29) is 16.7 Å². The van der Waals surface area contributed by atoms with E-state index in [0.717, 1.165) is 30.6 Å². The van der Waals surface area contributed by atoms with Gasteiger partial charge in [-0.25, -0.2) is 18.7 Å². The van der Waals surface area contributed by atoms with E-state index in [9.17, 15) is 22.0 Å². The molecule has 0 radical (unpaired) electrons. The Hall–Kier alpha value is -2.77. The summed E-state index contributed by atoms with van der Waals surface area (Å²) in [6, 6.07) is 6.67. The molecule has 0 aliphatic rings. The van der Waals surface area contributed by atoms with Gasteiger partial charge in [0.2, 0.25) is 0 Å². The van der Waals surface area contributed by atoms with Crippen molar-refractivity contribution in [1.82, 2.24) is 9.97 Å². The summed E-state index contributed by atoms with van der Waals surface area (Å²) in [5.74, 6) is -1.27. The fraction of sp³-hybridized carbons (Fsp3) is 0.176. The minimum absolute atomic E-state index is 0.00608. The van der Waals surface area contributed by atoms with E-state index in [0.29, 0.717) is 18.5 Å². The molecule has 0 atom stereocenters. The fourth-order valence-electron chi connectivity index (χ4n) is 2.42. The van der Waals surface area contributed by atoms with Crippen LogP contribution in [0.2, 0.25) is 0 Å². The SMILES string of the molecule is Fc1cc(F)c2ncnc(NCCc3ccc(C(F)(F)F)cc3)c2c1. The summed E-state index contributed by atoms with van der Waals surface area (Å²) in [4.78, 5) is 7.74. The van der Waals surface area contributed by atoms with Crippen LogP contribution in [0.15, 0.2) is 42.7 Å². The third kappa shape index (κ3) is 3.84. The number of halogens is 5. The van der Waals surface area contributed by atoms with E-state index in [1.807, 2.05) is 0 Å². The molecule has 3 rings (SSSR count). The van der Waals surface area contributed by atoms with Gasteiger partial charge in [-0.2, -0.15) is 13.2 Å². The standard InChI is InChI=1S/C17H12F5N3/c18-12-7-13-15(14(19)8-12)24-9-25-16(13)23-6-5-10-1-3-11(4-2-10)17(20,21)22/h1-4,7-9H,5-6H2,(H,23,24,25). The summed E-state index contributed by atoms with van der Waals surface area (Å²) in [6.07, 6.45) is -2.80. The average molecular weight is 353 g/mol. The molecule has 0 aliphatic heterocycles. The zero-order valence-electron chi connectivity index (χ0n) is 12.7. The quantitative estimate of drug-likeness (QED) is 0.698. The predicted molar refractivity (Wildman–Crippen MR) is 83.1 cm³/mol. The zero-order valence-corrected chi connectivity index (χ0v) is 12.7. The third-order valence-corrected chi connectivity index (χ3v) is 3.64. The Balaban J connectivity index is 1.71. The van der Waals surface area contributed by atoms with Crippen molar-refractivity contribution in [3.63, 3.8) is 0 Å². The van der Waals surface area contributed by atoms with Crippen LogP contribution in [0.4, 0.5) is 27.8 Å². The minimum atomic E-state index is -4.37. The lowest BCUT2D eigenvalue weighted by atomic mass is 10.1. The predicted octanol–water partition coefficient (Wildman–Crippen LogP) is 4.58. The normalized spacial score (nSPS) is 11.7. The first kappa shape index (κ1) is 17.1. The van der Waals surface area contributed by atoms with E-state index in [1.54, 1.807) is 0 Å². The molecule has 0 fully saturated rings. The zero-order chi connectivity index (χ0) is 18.0. The van der Waals surface area contributed by atoms with Gasteiger partial charge in [0.25, 0.3) is 0 Å². The maximum absolute atomic E-state index is 13.7. The molecule has 1 heterocycles. The molecular weight excluding hydrogens is 341 g/mol. The van der Waals surface area contributed by atoms with E-state index < -0.39 is 23.4 Å². The van der Waals surface area contributed by atoms with Crippen LogP contribution in [-0.2, 0) is 12.6 Å². The van der Waals surface area contributed by atoms with Gasteiger partial charge in [0.15, 0.2) is 5.82 Å². The molecule has 25 heavy (non-hydrogen) atoms. The van der Waals surface area contributed by atoms with E-state index in [4.69, 9.17) is 0 Å². The number of hydrogen-bond acceptors (Lipinski definition) is 3. The van der Waals surface area contributed by atoms with Gasteiger partial charge in [-0.3, -0.25) is 0 Å². The number of benzene rings is 2. The molecule has 3 aromatic rings. The molecule has 0 bridgehead atoms. The van der Waals surface area contributed by atoms with Gasteiger partial charge in [0.05, 0.1) is 5.56 Å². The Morgan fingerprint density at radius 3 is 2.36 bits per heavy atom. The van der Waals surface area contributed by atoms with Crippen molar-refractivity contribution in [3.8, 4) is 0 Å². The van der Waals surface area contributed by atoms with Crippen molar-refractivity contribution in [2.24, 2.45) is 0 Å². The molecule has 1 aromatic heterocycles. The molecule has 3 nitrogen and oxygen atoms in total. The number of aromatic nitrogens is 2. The van der Waals surface area contributed by atoms with Crippen molar-refractivity contribution in [3.05, 3.63) is 65.5 Å². The molecule has 0 amide bonds. The highest BCUT2D eigenvalue weighted by molar-refractivity contribution is 5.89. The Bertz CT molecular complexity index is 891. The van der Waals surface area contributed by atoms with Crippen molar-refractivity contribution in [2.45, 2.75) is 12.6 Å². The third-order valence-electron chi connectivity index (χ3n) is 3.64. The van der Waals surface area contributed by atoms with Crippen molar-refractivity contribution in [1.29, 1.82) is 0 Å². The topological polar surface area (TPSA) is 37.8 Å². The molecule has 2 aromatic carbocycles. The molecule has 0 saturated carbocycles. The van der Waals surface area contributed by atoms with Crippen LogP contribution in [0.5, 0.6) is 0 Å². The molecule has 0 unspecified atom stereocenters. The number of hydrogen-bond donors (Lipinski definition) is 1. The Morgan fingerprint density at radius 2 is 1.68 bits per heavy atom. The lowest BCUT2D eigenvalue weighted by Gasteiger charge is -2.10. The number of alkyl halides is 3. The van der Waals surface area contributed by atoms with Crippen LogP contribution in [-0.4, -0.2) is 16.5 Å². The maximum atomic E-state index is 13.7. The average Bonchev–Trinajstić information content (AvgIpc) is 2.55.